The molecule has 0 aliphatic heterocycles. The average molecular weight is 263 g/mol. The number of hydrogen-bond donors (Lipinski definition) is 1. The van der Waals surface area contributed by atoms with Gasteiger partial charge in [0.2, 0.25) is 0 Å². The first-order chi connectivity index (χ1) is 8.99. The molecule has 2 rings (SSSR count). The lowest BCUT2D eigenvalue weighted by atomic mass is 9.53. The van der Waals surface area contributed by atoms with E-state index in [0.29, 0.717) is 5.92 Å². The van der Waals surface area contributed by atoms with Crippen LogP contribution in [0.2, 0.25) is 0 Å². The average Bonchev–Trinajstić information content (AvgIpc) is 2.44. The predicted molar refractivity (Wildman–Crippen MR) is 77.4 cm³/mol. The molecule has 2 aliphatic rings. The summed E-state index contributed by atoms with van der Waals surface area (Å²) in [6, 6.07) is 2.57. The Labute approximate surface area is 118 Å². The van der Waals surface area contributed by atoms with E-state index >= 15 is 0 Å². The van der Waals surface area contributed by atoms with Gasteiger partial charge in [-0.2, -0.15) is 5.26 Å². The summed E-state index contributed by atoms with van der Waals surface area (Å²) in [7, 11) is 0. The maximum absolute atomic E-state index is 11.3. The molecule has 0 amide bonds. The van der Waals surface area contributed by atoms with Crippen LogP contribution in [-0.4, -0.2) is 10.7 Å². The van der Waals surface area contributed by atoms with Crippen LogP contribution in [0.15, 0.2) is 0 Å². The first kappa shape index (κ1) is 14.9. The van der Waals surface area contributed by atoms with Crippen LogP contribution in [0.5, 0.6) is 0 Å². The summed E-state index contributed by atoms with van der Waals surface area (Å²) in [6.07, 6.45) is 8.34. The highest BCUT2D eigenvalue weighted by Gasteiger charge is 2.56. The standard InChI is InChI=1S/C17H29NO/c1-4-15-7-10-16(12-18,11-8-15)17(19)9-5-6-13(2)14(17)3/h13-15,19H,4-11H2,1-3H3. The molecule has 2 nitrogen and oxygen atoms in total. The van der Waals surface area contributed by atoms with Crippen molar-refractivity contribution < 1.29 is 5.11 Å². The van der Waals surface area contributed by atoms with Crippen molar-refractivity contribution in [2.45, 2.75) is 77.7 Å². The van der Waals surface area contributed by atoms with Gasteiger partial charge >= 0.3 is 0 Å². The minimum atomic E-state index is -0.752. The fraction of sp³-hybridized carbons (Fsp3) is 0.941. The minimum absolute atomic E-state index is 0.249. The molecule has 2 aliphatic carbocycles. The second-order valence-corrected chi connectivity index (χ2v) is 7.13. The Morgan fingerprint density at radius 2 is 1.79 bits per heavy atom. The summed E-state index contributed by atoms with van der Waals surface area (Å²) in [4.78, 5) is 0. The van der Waals surface area contributed by atoms with Crippen LogP contribution < -0.4 is 0 Å². The molecule has 2 heteroatoms. The van der Waals surface area contributed by atoms with Crippen molar-refractivity contribution in [3.05, 3.63) is 0 Å². The van der Waals surface area contributed by atoms with Crippen molar-refractivity contribution in [1.29, 1.82) is 5.26 Å². The third-order valence-electron chi connectivity index (χ3n) is 6.40. The van der Waals surface area contributed by atoms with Crippen molar-refractivity contribution in [2.75, 3.05) is 0 Å². The Bertz CT molecular complexity index is 351. The highest BCUT2D eigenvalue weighted by atomic mass is 16.3. The van der Waals surface area contributed by atoms with Crippen molar-refractivity contribution >= 4 is 0 Å². The van der Waals surface area contributed by atoms with Crippen molar-refractivity contribution in [1.82, 2.24) is 0 Å². The summed E-state index contributed by atoms with van der Waals surface area (Å²) in [5, 5.41) is 21.1. The van der Waals surface area contributed by atoms with Gasteiger partial charge in [-0.3, -0.25) is 0 Å². The molecule has 0 heterocycles. The molecule has 0 spiro atoms. The van der Waals surface area contributed by atoms with Crippen LogP contribution in [0.1, 0.15) is 72.1 Å². The van der Waals surface area contributed by atoms with Gasteiger partial charge in [0.05, 0.1) is 17.1 Å². The summed E-state index contributed by atoms with van der Waals surface area (Å²) in [5.74, 6) is 1.55. The Kier molecular flexibility index (Phi) is 4.26. The van der Waals surface area contributed by atoms with E-state index in [-0.39, 0.29) is 5.92 Å². The second-order valence-electron chi connectivity index (χ2n) is 7.13. The molecule has 0 radical (unpaired) electrons. The van der Waals surface area contributed by atoms with Gasteiger partial charge in [-0.15, -0.1) is 0 Å². The summed E-state index contributed by atoms with van der Waals surface area (Å²) in [6.45, 7) is 6.64. The molecule has 0 saturated heterocycles. The van der Waals surface area contributed by atoms with Crippen LogP contribution in [0.25, 0.3) is 0 Å². The number of nitrogens with zero attached hydrogens (tertiary/aromatic N) is 1. The highest BCUT2D eigenvalue weighted by Crippen LogP contribution is 2.55. The van der Waals surface area contributed by atoms with E-state index in [1.165, 1.54) is 12.8 Å². The zero-order chi connectivity index (χ0) is 14.1. The second kappa shape index (κ2) is 5.44. The van der Waals surface area contributed by atoms with E-state index in [0.717, 1.165) is 44.4 Å². The normalized spacial score (nSPS) is 47.6. The molecule has 0 aromatic carbocycles. The lowest BCUT2D eigenvalue weighted by molar-refractivity contribution is -0.149. The lowest BCUT2D eigenvalue weighted by Gasteiger charge is -2.53. The van der Waals surface area contributed by atoms with Gasteiger partial charge in [-0.1, -0.05) is 40.0 Å². The van der Waals surface area contributed by atoms with Crippen molar-refractivity contribution in [2.24, 2.45) is 23.2 Å². The Balaban J connectivity index is 2.23. The molecule has 1 N–H and O–H groups in total. The molecule has 2 fully saturated rings. The molecule has 19 heavy (non-hydrogen) atoms. The van der Waals surface area contributed by atoms with E-state index in [4.69, 9.17) is 0 Å². The van der Waals surface area contributed by atoms with Gasteiger partial charge < -0.3 is 5.11 Å². The smallest absolute Gasteiger partial charge is 0.0863 e. The highest BCUT2D eigenvalue weighted by molar-refractivity contribution is 5.16. The SMILES string of the molecule is CCC1CCC(C#N)(C2(O)CCCC(C)C2C)CC1. The topological polar surface area (TPSA) is 44.0 Å². The van der Waals surface area contributed by atoms with E-state index < -0.39 is 11.0 Å². The predicted octanol–water partition coefficient (Wildman–Crippen LogP) is 4.28. The van der Waals surface area contributed by atoms with Crippen LogP contribution in [-0.2, 0) is 0 Å². The van der Waals surface area contributed by atoms with Gasteiger partial charge in [0.1, 0.15) is 0 Å². The molecule has 0 bridgehead atoms. The third-order valence-corrected chi connectivity index (χ3v) is 6.40. The molecule has 0 aromatic rings. The molecule has 3 unspecified atom stereocenters. The Hall–Kier alpha value is -0.550. The van der Waals surface area contributed by atoms with Gasteiger partial charge in [-0.05, 0) is 49.9 Å². The van der Waals surface area contributed by atoms with Gasteiger partial charge in [0.15, 0.2) is 0 Å². The summed E-state index contributed by atoms with van der Waals surface area (Å²) >= 11 is 0. The fourth-order valence-electron chi connectivity index (χ4n) is 4.54. The maximum atomic E-state index is 11.3. The monoisotopic (exact) mass is 263 g/mol. The zero-order valence-corrected chi connectivity index (χ0v) is 12.8. The van der Waals surface area contributed by atoms with Gasteiger partial charge in [0, 0.05) is 0 Å². The number of hydrogen-bond acceptors (Lipinski definition) is 2. The third kappa shape index (κ3) is 2.31. The minimum Gasteiger partial charge on any atom is -0.388 e. The van der Waals surface area contributed by atoms with Crippen LogP contribution in [0.3, 0.4) is 0 Å². The molecule has 2 saturated carbocycles. The number of aliphatic hydroxyl groups is 1. The largest absolute Gasteiger partial charge is 0.388 e. The molecular weight excluding hydrogens is 234 g/mol. The fourth-order valence-corrected chi connectivity index (χ4v) is 4.54. The summed E-state index contributed by atoms with van der Waals surface area (Å²) < 4.78 is 0. The van der Waals surface area contributed by atoms with Crippen LogP contribution in [0, 0.1) is 34.5 Å². The zero-order valence-electron chi connectivity index (χ0n) is 12.8. The first-order valence-corrected chi connectivity index (χ1v) is 8.12. The summed E-state index contributed by atoms with van der Waals surface area (Å²) in [5.41, 5.74) is -1.23. The first-order valence-electron chi connectivity index (χ1n) is 8.12. The Morgan fingerprint density at radius 1 is 1.16 bits per heavy atom. The van der Waals surface area contributed by atoms with Crippen molar-refractivity contribution in [3.63, 3.8) is 0 Å². The van der Waals surface area contributed by atoms with E-state index in [1.54, 1.807) is 0 Å². The molecule has 108 valence electrons. The van der Waals surface area contributed by atoms with E-state index in [9.17, 15) is 10.4 Å². The van der Waals surface area contributed by atoms with Crippen LogP contribution in [0.4, 0.5) is 0 Å². The lowest BCUT2D eigenvalue weighted by Crippen LogP contribution is -2.56. The van der Waals surface area contributed by atoms with Gasteiger partial charge in [0.25, 0.3) is 0 Å². The molecule has 0 aromatic heterocycles. The number of rotatable bonds is 2. The number of nitriles is 1. The Morgan fingerprint density at radius 3 is 2.32 bits per heavy atom. The van der Waals surface area contributed by atoms with E-state index in [1.807, 2.05) is 0 Å². The quantitative estimate of drug-likeness (QED) is 0.808. The maximum Gasteiger partial charge on any atom is 0.0863 e. The van der Waals surface area contributed by atoms with Crippen molar-refractivity contribution in [3.8, 4) is 6.07 Å². The van der Waals surface area contributed by atoms with Gasteiger partial charge in [-0.25, -0.2) is 0 Å². The molecule has 3 atom stereocenters. The van der Waals surface area contributed by atoms with E-state index in [2.05, 4.69) is 26.8 Å². The van der Waals surface area contributed by atoms with Crippen LogP contribution >= 0.6 is 0 Å². The molecular formula is C17H29NO.